The summed E-state index contributed by atoms with van der Waals surface area (Å²) in [6, 6.07) is 11.4. The smallest absolute Gasteiger partial charge is 0.303 e. The molecule has 3 aliphatic heterocycles. The molecule has 0 spiro atoms. The van der Waals surface area contributed by atoms with Crippen LogP contribution >= 0.6 is 0 Å². The summed E-state index contributed by atoms with van der Waals surface area (Å²) in [5.74, 6) is -4.99. The van der Waals surface area contributed by atoms with Crippen LogP contribution in [0.4, 0.5) is 4.39 Å². The van der Waals surface area contributed by atoms with Crippen LogP contribution < -0.4 is 0 Å². The molecule has 35 heteroatoms. The van der Waals surface area contributed by atoms with E-state index in [0.717, 1.165) is 34.6 Å². The largest absolute Gasteiger partial charge is 0.463 e. The Kier molecular flexibility index (Phi) is 23.6. The van der Waals surface area contributed by atoms with Crippen LogP contribution in [-0.2, 0) is 98.8 Å². The molecule has 3 saturated heterocycles. The molecular formula is C47H56FN15O19. The van der Waals surface area contributed by atoms with Gasteiger partial charge < -0.3 is 66.7 Å². The van der Waals surface area contributed by atoms with Gasteiger partial charge in [-0.1, -0.05) is 86.2 Å². The van der Waals surface area contributed by atoms with Crippen molar-refractivity contribution in [1.29, 1.82) is 0 Å². The third-order valence-corrected chi connectivity index (χ3v) is 12.8. The van der Waals surface area contributed by atoms with Crippen molar-refractivity contribution >= 4 is 29.8 Å². The van der Waals surface area contributed by atoms with Crippen LogP contribution in [0.1, 0.15) is 45.7 Å². The van der Waals surface area contributed by atoms with Crippen molar-refractivity contribution in [2.24, 2.45) is 25.6 Å². The Morgan fingerprint density at radius 3 is 1.41 bits per heavy atom. The lowest BCUT2D eigenvalue weighted by atomic mass is 9.81. The van der Waals surface area contributed by atoms with Crippen molar-refractivity contribution in [3.05, 3.63) is 124 Å². The van der Waals surface area contributed by atoms with Crippen molar-refractivity contribution < 1.29 is 95.0 Å². The number of carbonyl (C=O) groups excluding carboxylic acids is 5. The van der Waals surface area contributed by atoms with E-state index < -0.39 is 172 Å². The molecule has 0 radical (unpaired) electrons. The van der Waals surface area contributed by atoms with Gasteiger partial charge in [-0.2, -0.15) is 0 Å². The minimum atomic E-state index is -2.21. The highest BCUT2D eigenvalue weighted by Gasteiger charge is 2.61. The first-order valence-corrected chi connectivity index (χ1v) is 25.0. The second-order valence-corrected chi connectivity index (χ2v) is 18.4. The van der Waals surface area contributed by atoms with Crippen LogP contribution in [0, 0.1) is 0 Å². The van der Waals surface area contributed by atoms with Crippen LogP contribution in [0.2, 0.25) is 0 Å². The quantitative estimate of drug-likeness (QED) is 0.0441. The Labute approximate surface area is 463 Å². The van der Waals surface area contributed by atoms with E-state index in [2.05, 4.69) is 50.1 Å². The van der Waals surface area contributed by atoms with Gasteiger partial charge in [-0.15, -0.1) is 0 Å². The number of nitrogens with zero attached hydrogens (tertiary/aromatic N) is 15. The summed E-state index contributed by atoms with van der Waals surface area (Å²) in [6.45, 7) is 2.43. The predicted octanol–water partition coefficient (Wildman–Crippen LogP) is 5.15. The maximum Gasteiger partial charge on any atom is 0.303 e. The Hall–Kier alpha value is -8.09. The summed E-state index contributed by atoms with van der Waals surface area (Å²) < 4.78 is 95.8. The SMILES string of the molecule is CC(=O)OCC1OC(OC2C(OC(C)=O)C(N=[N+]=[N-])C(O)C(N=[N+]=[N-])C2OC2OC(CN=[N+]=[N-])C(OCc3ccccc3)C(F)C2OCc2ccccc2)C(OC(C)=O)C1OC1OC(CN=[N+]=[N-])C(OC(C)=O)C(OC(C)=O)C1N=[N+]=[N-]. The minimum absolute atomic E-state index is 0.168. The average Bonchev–Trinajstić information content (AvgIpc) is 3.89. The molecule has 0 aromatic heterocycles. The first-order chi connectivity index (χ1) is 39.4. The molecule has 1 N–H and O–H groups in total. The van der Waals surface area contributed by atoms with Crippen molar-refractivity contribution in [3.8, 4) is 0 Å². The summed E-state index contributed by atoms with van der Waals surface area (Å²) >= 11 is 0. The van der Waals surface area contributed by atoms with Gasteiger partial charge in [0.25, 0.3) is 0 Å². The van der Waals surface area contributed by atoms with Gasteiger partial charge in [0.15, 0.2) is 43.4 Å². The number of alkyl halides is 1. The van der Waals surface area contributed by atoms with Gasteiger partial charge >= 0.3 is 29.8 Å². The molecule has 1 saturated carbocycles. The number of hydrogen-bond donors (Lipinski definition) is 1. The number of aliphatic hydroxyl groups excluding tert-OH is 1. The van der Waals surface area contributed by atoms with Gasteiger partial charge in [0.1, 0.15) is 67.5 Å². The van der Waals surface area contributed by atoms with Gasteiger partial charge in [-0.05, 0) is 38.8 Å². The van der Waals surface area contributed by atoms with Gasteiger partial charge in [0.2, 0.25) is 0 Å². The molecule has 6 rings (SSSR count). The normalized spacial score (nSPS) is 32.9. The molecule has 1 aliphatic carbocycles. The van der Waals surface area contributed by atoms with Crippen LogP contribution in [0.25, 0.3) is 52.2 Å². The Morgan fingerprint density at radius 1 is 0.488 bits per heavy atom. The third-order valence-electron chi connectivity index (χ3n) is 12.8. The van der Waals surface area contributed by atoms with Gasteiger partial charge in [-0.25, -0.2) is 4.39 Å². The highest BCUT2D eigenvalue weighted by molar-refractivity contribution is 5.68. The first-order valence-electron chi connectivity index (χ1n) is 25.0. The Bertz CT molecular complexity index is 2790. The summed E-state index contributed by atoms with van der Waals surface area (Å²) in [5.41, 5.74) is 49.5. The van der Waals surface area contributed by atoms with E-state index >= 15 is 4.39 Å². The number of rotatable bonds is 25. The molecule has 4 fully saturated rings. The maximum absolute atomic E-state index is 17.6. The molecule has 0 bridgehead atoms. The van der Waals surface area contributed by atoms with Crippen LogP contribution in [0.5, 0.6) is 0 Å². The molecule has 34 nitrogen and oxygen atoms in total. The zero-order valence-electron chi connectivity index (χ0n) is 44.2. The standard InChI is InChI=1S/C47H56FN15O19/c1-21(64)70-20-30-38(80-45-34(58-63-53)42(75-24(4)67)37(73-22(2)65)29(77-45)17-55-60-50)44(76-25(5)68)47(79-30)82-43-40(74-23(3)66)32(56-61-51)35(69)33(57-62-52)41(43)81-46-39(72-19-27-14-10-7-11-15-27)31(48)36(28(78-46)16-54-59-49)71-18-26-12-8-6-9-13-26/h6-15,28-47,69H,16-20H2,1-5H3. The van der Waals surface area contributed by atoms with Gasteiger partial charge in [-0.3, -0.25) is 24.0 Å². The van der Waals surface area contributed by atoms with E-state index in [-0.39, 0.29) is 13.2 Å². The maximum atomic E-state index is 17.6. The van der Waals surface area contributed by atoms with Crippen LogP contribution in [0.3, 0.4) is 0 Å². The molecule has 20 unspecified atom stereocenters. The highest BCUT2D eigenvalue weighted by Crippen LogP contribution is 2.41. The van der Waals surface area contributed by atoms with Crippen molar-refractivity contribution in [2.75, 3.05) is 19.7 Å². The molecule has 2 aromatic rings. The first kappa shape index (κ1) is 63.1. The van der Waals surface area contributed by atoms with Gasteiger partial charge in [0.05, 0.1) is 44.6 Å². The van der Waals surface area contributed by atoms with Crippen molar-refractivity contribution in [1.82, 2.24) is 0 Å². The second-order valence-electron chi connectivity index (χ2n) is 18.4. The van der Waals surface area contributed by atoms with E-state index in [1.807, 2.05) is 0 Å². The molecule has 4 aliphatic rings. The number of azide groups is 5. The number of hydrogen-bond acceptors (Lipinski definition) is 24. The lowest BCUT2D eigenvalue weighted by molar-refractivity contribution is -0.338. The summed E-state index contributed by atoms with van der Waals surface area (Å²) in [6.07, 6.45) is -31.7. The van der Waals surface area contributed by atoms with E-state index in [9.17, 15) is 56.7 Å². The number of carbonyl (C=O) groups is 5. The monoisotopic (exact) mass is 1150 g/mol. The fraction of sp³-hybridized carbons (Fsp3) is 0.638. The van der Waals surface area contributed by atoms with E-state index in [1.54, 1.807) is 60.7 Å². The van der Waals surface area contributed by atoms with Gasteiger partial charge in [0, 0.05) is 59.2 Å². The zero-order valence-corrected chi connectivity index (χ0v) is 44.2. The number of aliphatic hydroxyl groups is 1. The lowest BCUT2D eigenvalue weighted by Crippen LogP contribution is -2.68. The van der Waals surface area contributed by atoms with Crippen LogP contribution in [0.15, 0.2) is 86.2 Å². The van der Waals surface area contributed by atoms with E-state index in [4.69, 9.17) is 61.6 Å². The van der Waals surface area contributed by atoms with Crippen LogP contribution in [-0.4, -0.2) is 177 Å². The number of benzene rings is 2. The molecule has 2 aromatic carbocycles. The van der Waals surface area contributed by atoms with Crippen molar-refractivity contribution in [2.45, 2.75) is 170 Å². The molecule has 0 amide bonds. The van der Waals surface area contributed by atoms with E-state index in [0.29, 0.717) is 11.1 Å². The molecule has 440 valence electrons. The Balaban J connectivity index is 1.48. The minimum Gasteiger partial charge on any atom is -0.463 e. The summed E-state index contributed by atoms with van der Waals surface area (Å²) in [7, 11) is 0. The topological polar surface area (TPSA) is 469 Å². The lowest BCUT2D eigenvalue weighted by Gasteiger charge is -2.49. The molecule has 3 heterocycles. The highest BCUT2D eigenvalue weighted by atomic mass is 19.1. The number of halogens is 1. The molecule has 20 atom stereocenters. The van der Waals surface area contributed by atoms with Crippen molar-refractivity contribution in [3.63, 3.8) is 0 Å². The Morgan fingerprint density at radius 2 is 0.902 bits per heavy atom. The number of esters is 5. The summed E-state index contributed by atoms with van der Waals surface area (Å²) in [5, 5.41) is 30.2. The second kappa shape index (κ2) is 30.6. The fourth-order valence-electron chi connectivity index (χ4n) is 9.53. The average molecular weight is 1150 g/mol. The summed E-state index contributed by atoms with van der Waals surface area (Å²) in [4.78, 5) is 77.6. The molecular weight excluding hydrogens is 1100 g/mol. The fourth-order valence-corrected chi connectivity index (χ4v) is 9.53. The predicted molar refractivity (Wildman–Crippen MR) is 267 cm³/mol. The van der Waals surface area contributed by atoms with E-state index in [1.165, 1.54) is 0 Å². The zero-order chi connectivity index (χ0) is 59.5. The third kappa shape index (κ3) is 16.5. The molecule has 82 heavy (non-hydrogen) atoms. The number of ether oxygens (including phenoxy) is 13.